The summed E-state index contributed by atoms with van der Waals surface area (Å²) in [5, 5.41) is 30.7. The van der Waals surface area contributed by atoms with E-state index in [9.17, 15) is 15.3 Å². The molecule has 15 heavy (non-hydrogen) atoms. The Hall–Kier alpha value is -0.120. The van der Waals surface area contributed by atoms with E-state index in [0.29, 0.717) is 0 Å². The standard InChI is InChI=1S/C12H24O3/c1-10(2)7(13)11(3,4)9(15)12(5,6)8(10)14/h7-9,13-15H,1-6H3. The molecular weight excluding hydrogens is 192 g/mol. The summed E-state index contributed by atoms with van der Waals surface area (Å²) in [5.41, 5.74) is -1.81. The van der Waals surface area contributed by atoms with E-state index in [1.165, 1.54) is 0 Å². The lowest BCUT2D eigenvalue weighted by atomic mass is 9.51. The van der Waals surface area contributed by atoms with Crippen molar-refractivity contribution < 1.29 is 15.3 Å². The Labute approximate surface area is 92.1 Å². The molecule has 0 spiro atoms. The Kier molecular flexibility index (Phi) is 2.75. The van der Waals surface area contributed by atoms with E-state index in [1.54, 1.807) is 0 Å². The minimum Gasteiger partial charge on any atom is -0.392 e. The van der Waals surface area contributed by atoms with Crippen molar-refractivity contribution in [2.45, 2.75) is 59.9 Å². The van der Waals surface area contributed by atoms with Gasteiger partial charge in [-0.3, -0.25) is 0 Å². The van der Waals surface area contributed by atoms with Crippen LogP contribution in [-0.2, 0) is 0 Å². The normalized spacial score (nSPS) is 42.6. The van der Waals surface area contributed by atoms with Crippen LogP contribution in [0.3, 0.4) is 0 Å². The molecule has 1 aliphatic rings. The van der Waals surface area contributed by atoms with Crippen LogP contribution in [0.5, 0.6) is 0 Å². The van der Waals surface area contributed by atoms with Gasteiger partial charge in [0.15, 0.2) is 0 Å². The van der Waals surface area contributed by atoms with Crippen molar-refractivity contribution in [2.24, 2.45) is 16.2 Å². The van der Waals surface area contributed by atoms with Gasteiger partial charge in [-0.25, -0.2) is 0 Å². The minimum atomic E-state index is -0.719. The highest BCUT2D eigenvalue weighted by Gasteiger charge is 2.60. The van der Waals surface area contributed by atoms with Gasteiger partial charge in [0.2, 0.25) is 0 Å². The first-order chi connectivity index (χ1) is 6.46. The minimum absolute atomic E-state index is 0.605. The van der Waals surface area contributed by atoms with E-state index in [2.05, 4.69) is 0 Å². The second-order valence-corrected chi connectivity index (χ2v) is 6.67. The molecule has 0 amide bonds. The van der Waals surface area contributed by atoms with Crippen LogP contribution in [0.15, 0.2) is 0 Å². The average molecular weight is 216 g/mol. The zero-order valence-corrected chi connectivity index (χ0v) is 10.6. The molecule has 3 N–H and O–H groups in total. The average Bonchev–Trinajstić information content (AvgIpc) is 2.12. The lowest BCUT2D eigenvalue weighted by Gasteiger charge is -2.59. The molecule has 0 aromatic carbocycles. The molecule has 0 radical (unpaired) electrons. The zero-order chi connectivity index (χ0) is 12.2. The molecule has 0 aliphatic heterocycles. The maximum atomic E-state index is 10.2. The highest BCUT2D eigenvalue weighted by Crippen LogP contribution is 2.53. The highest BCUT2D eigenvalue weighted by molar-refractivity contribution is 5.10. The number of aliphatic hydroxyl groups excluding tert-OH is 3. The third kappa shape index (κ3) is 1.52. The van der Waals surface area contributed by atoms with Crippen LogP contribution in [0, 0.1) is 16.2 Å². The summed E-state index contributed by atoms with van der Waals surface area (Å²) in [5.74, 6) is 0. The Bertz CT molecular complexity index is 195. The Balaban J connectivity index is 3.24. The first-order valence-electron chi connectivity index (χ1n) is 5.51. The van der Waals surface area contributed by atoms with Crippen LogP contribution in [0.1, 0.15) is 41.5 Å². The summed E-state index contributed by atoms with van der Waals surface area (Å²) >= 11 is 0. The lowest BCUT2D eigenvalue weighted by molar-refractivity contribution is -0.247. The quantitative estimate of drug-likeness (QED) is 0.569. The largest absolute Gasteiger partial charge is 0.392 e. The Morgan fingerprint density at radius 3 is 0.800 bits per heavy atom. The first kappa shape index (κ1) is 12.9. The molecule has 0 aromatic heterocycles. The van der Waals surface area contributed by atoms with E-state index in [4.69, 9.17) is 0 Å². The fourth-order valence-corrected chi connectivity index (χ4v) is 3.32. The number of rotatable bonds is 0. The second-order valence-electron chi connectivity index (χ2n) is 6.67. The molecule has 0 atom stereocenters. The van der Waals surface area contributed by atoms with Crippen molar-refractivity contribution in [3.8, 4) is 0 Å². The fraction of sp³-hybridized carbons (Fsp3) is 1.00. The summed E-state index contributed by atoms with van der Waals surface area (Å²) in [6, 6.07) is 0. The third-order valence-electron chi connectivity index (χ3n) is 4.23. The Morgan fingerprint density at radius 2 is 0.667 bits per heavy atom. The maximum Gasteiger partial charge on any atom is 0.0691 e. The van der Waals surface area contributed by atoms with E-state index >= 15 is 0 Å². The van der Waals surface area contributed by atoms with Gasteiger partial charge in [-0.1, -0.05) is 41.5 Å². The molecular formula is C12H24O3. The van der Waals surface area contributed by atoms with E-state index in [0.717, 1.165) is 0 Å². The van der Waals surface area contributed by atoms with Gasteiger partial charge in [0, 0.05) is 16.2 Å². The first-order valence-corrected chi connectivity index (χ1v) is 5.51. The van der Waals surface area contributed by atoms with Crippen LogP contribution in [0.4, 0.5) is 0 Å². The van der Waals surface area contributed by atoms with Gasteiger partial charge >= 0.3 is 0 Å². The molecule has 1 fully saturated rings. The van der Waals surface area contributed by atoms with Crippen LogP contribution < -0.4 is 0 Å². The lowest BCUT2D eigenvalue weighted by Crippen LogP contribution is -2.67. The molecule has 3 heteroatoms. The second kappa shape index (κ2) is 3.19. The summed E-state index contributed by atoms with van der Waals surface area (Å²) in [6.07, 6.45) is -2.16. The molecule has 0 saturated heterocycles. The SMILES string of the molecule is CC1(C)C(O)C(C)(C)C(O)C(C)(C)C1O. The van der Waals surface area contributed by atoms with Crippen molar-refractivity contribution >= 4 is 0 Å². The molecule has 1 saturated carbocycles. The molecule has 0 aromatic rings. The predicted octanol–water partition coefficient (Wildman–Crippen LogP) is 1.16. The van der Waals surface area contributed by atoms with E-state index in [-0.39, 0.29) is 0 Å². The summed E-state index contributed by atoms with van der Waals surface area (Å²) in [4.78, 5) is 0. The number of hydrogen-bond acceptors (Lipinski definition) is 3. The predicted molar refractivity (Wildman–Crippen MR) is 59.4 cm³/mol. The molecule has 3 nitrogen and oxygen atoms in total. The van der Waals surface area contributed by atoms with E-state index in [1.807, 2.05) is 41.5 Å². The van der Waals surface area contributed by atoms with Crippen LogP contribution in [-0.4, -0.2) is 33.6 Å². The molecule has 90 valence electrons. The van der Waals surface area contributed by atoms with Gasteiger partial charge in [-0.15, -0.1) is 0 Å². The number of hydrogen-bond donors (Lipinski definition) is 3. The zero-order valence-electron chi connectivity index (χ0n) is 10.6. The Morgan fingerprint density at radius 1 is 0.533 bits per heavy atom. The monoisotopic (exact) mass is 216 g/mol. The van der Waals surface area contributed by atoms with Crippen LogP contribution >= 0.6 is 0 Å². The van der Waals surface area contributed by atoms with E-state index < -0.39 is 34.6 Å². The summed E-state index contributed by atoms with van der Waals surface area (Å²) < 4.78 is 0. The van der Waals surface area contributed by atoms with Crippen molar-refractivity contribution in [3.05, 3.63) is 0 Å². The summed E-state index contributed by atoms with van der Waals surface area (Å²) in [7, 11) is 0. The van der Waals surface area contributed by atoms with Crippen molar-refractivity contribution in [3.63, 3.8) is 0 Å². The smallest absolute Gasteiger partial charge is 0.0691 e. The summed E-state index contributed by atoms with van der Waals surface area (Å²) in [6.45, 7) is 11.1. The van der Waals surface area contributed by atoms with Gasteiger partial charge < -0.3 is 15.3 Å². The van der Waals surface area contributed by atoms with Crippen molar-refractivity contribution in [1.82, 2.24) is 0 Å². The van der Waals surface area contributed by atoms with Gasteiger partial charge in [0.05, 0.1) is 18.3 Å². The van der Waals surface area contributed by atoms with Crippen molar-refractivity contribution in [1.29, 1.82) is 0 Å². The van der Waals surface area contributed by atoms with Crippen LogP contribution in [0.25, 0.3) is 0 Å². The molecule has 0 unspecified atom stereocenters. The van der Waals surface area contributed by atoms with Gasteiger partial charge in [-0.2, -0.15) is 0 Å². The highest BCUT2D eigenvalue weighted by atomic mass is 16.3. The van der Waals surface area contributed by atoms with Gasteiger partial charge in [-0.05, 0) is 0 Å². The molecule has 1 aliphatic carbocycles. The van der Waals surface area contributed by atoms with Crippen LogP contribution in [0.2, 0.25) is 0 Å². The van der Waals surface area contributed by atoms with Gasteiger partial charge in [0.1, 0.15) is 0 Å². The molecule has 0 bridgehead atoms. The van der Waals surface area contributed by atoms with Gasteiger partial charge in [0.25, 0.3) is 0 Å². The third-order valence-corrected chi connectivity index (χ3v) is 4.23. The number of aliphatic hydroxyl groups is 3. The van der Waals surface area contributed by atoms with Crippen molar-refractivity contribution in [2.75, 3.05) is 0 Å². The maximum absolute atomic E-state index is 10.2. The molecule has 1 rings (SSSR count). The molecule has 0 heterocycles. The topological polar surface area (TPSA) is 60.7 Å². The fourth-order valence-electron chi connectivity index (χ4n) is 3.32.